The van der Waals surface area contributed by atoms with Gasteiger partial charge >= 0.3 is 6.18 Å². The third-order valence-electron chi connectivity index (χ3n) is 4.59. The summed E-state index contributed by atoms with van der Waals surface area (Å²) in [6.45, 7) is 1.89. The van der Waals surface area contributed by atoms with E-state index in [1.807, 2.05) is 13.0 Å². The van der Waals surface area contributed by atoms with Gasteiger partial charge in [0.05, 0.1) is 5.56 Å². The number of alkyl halides is 3. The number of halogens is 3. The van der Waals surface area contributed by atoms with E-state index in [9.17, 15) is 22.8 Å². The van der Waals surface area contributed by atoms with E-state index in [0.717, 1.165) is 22.6 Å². The highest BCUT2D eigenvalue weighted by molar-refractivity contribution is 6.06. The van der Waals surface area contributed by atoms with E-state index in [1.54, 1.807) is 36.5 Å². The van der Waals surface area contributed by atoms with E-state index in [0.29, 0.717) is 11.4 Å². The van der Waals surface area contributed by atoms with Gasteiger partial charge in [0.1, 0.15) is 5.82 Å². The number of nitrogens with one attached hydrogen (secondary N) is 1. The molecule has 0 radical (unpaired) electrons. The predicted octanol–water partition coefficient (Wildman–Crippen LogP) is 5.34. The van der Waals surface area contributed by atoms with Crippen molar-refractivity contribution in [1.29, 1.82) is 0 Å². The van der Waals surface area contributed by atoms with Crippen LogP contribution in [0, 0.1) is 6.92 Å². The van der Waals surface area contributed by atoms with Gasteiger partial charge in [0.2, 0.25) is 5.91 Å². The van der Waals surface area contributed by atoms with Crippen molar-refractivity contribution in [2.75, 3.05) is 17.3 Å². The first kappa shape index (κ1) is 22.7. The Morgan fingerprint density at radius 2 is 1.78 bits per heavy atom. The maximum atomic E-state index is 13.0. The maximum absolute atomic E-state index is 13.0. The Balaban J connectivity index is 1.72. The molecule has 2 amide bonds. The molecule has 0 aliphatic heterocycles. The molecule has 1 heterocycles. The van der Waals surface area contributed by atoms with E-state index < -0.39 is 17.6 Å². The summed E-state index contributed by atoms with van der Waals surface area (Å²) in [7, 11) is 1.41. The lowest BCUT2D eigenvalue weighted by atomic mass is 10.1. The number of carbonyl (C=O) groups is 2. The lowest BCUT2D eigenvalue weighted by molar-refractivity contribution is -0.137. The third-order valence-corrected chi connectivity index (χ3v) is 4.59. The molecule has 0 bridgehead atoms. The second-order valence-electron chi connectivity index (χ2n) is 7.08. The Morgan fingerprint density at radius 1 is 1.03 bits per heavy atom. The molecule has 3 aromatic rings. The molecule has 0 fully saturated rings. The first-order valence-corrected chi connectivity index (χ1v) is 9.60. The molecule has 0 spiro atoms. The van der Waals surface area contributed by atoms with Crippen LogP contribution in [0.3, 0.4) is 0 Å². The molecule has 32 heavy (non-hydrogen) atoms. The van der Waals surface area contributed by atoms with Crippen LogP contribution in [0.2, 0.25) is 0 Å². The Hall–Kier alpha value is -3.94. The number of rotatable bonds is 5. The number of benzene rings is 2. The van der Waals surface area contributed by atoms with Crippen molar-refractivity contribution in [3.8, 4) is 0 Å². The third kappa shape index (κ3) is 5.81. The quantitative estimate of drug-likeness (QED) is 0.546. The number of aromatic nitrogens is 1. The molecule has 164 valence electrons. The van der Waals surface area contributed by atoms with Gasteiger partial charge < -0.3 is 10.2 Å². The van der Waals surface area contributed by atoms with Crippen LogP contribution < -0.4 is 10.2 Å². The minimum absolute atomic E-state index is 0.121. The van der Waals surface area contributed by atoms with Crippen LogP contribution >= 0.6 is 0 Å². The minimum atomic E-state index is -4.50. The highest BCUT2D eigenvalue weighted by atomic mass is 19.4. The molecule has 0 aliphatic rings. The van der Waals surface area contributed by atoms with Crippen LogP contribution in [-0.4, -0.2) is 23.8 Å². The molecular formula is C24H20F3N3O2. The average Bonchev–Trinajstić information content (AvgIpc) is 2.78. The van der Waals surface area contributed by atoms with Crippen molar-refractivity contribution >= 4 is 29.4 Å². The zero-order valence-electron chi connectivity index (χ0n) is 17.4. The molecule has 1 aromatic heterocycles. The van der Waals surface area contributed by atoms with Gasteiger partial charge in [0.25, 0.3) is 5.91 Å². The zero-order valence-corrected chi connectivity index (χ0v) is 17.4. The highest BCUT2D eigenvalue weighted by Crippen LogP contribution is 2.31. The highest BCUT2D eigenvalue weighted by Gasteiger charge is 2.31. The normalized spacial score (nSPS) is 11.4. The summed E-state index contributed by atoms with van der Waals surface area (Å²) in [5, 5.41) is 2.63. The van der Waals surface area contributed by atoms with E-state index in [-0.39, 0.29) is 17.2 Å². The average molecular weight is 439 g/mol. The second kappa shape index (κ2) is 9.47. The van der Waals surface area contributed by atoms with Crippen molar-refractivity contribution in [1.82, 2.24) is 4.98 Å². The van der Waals surface area contributed by atoms with Crippen molar-refractivity contribution in [2.45, 2.75) is 13.1 Å². The van der Waals surface area contributed by atoms with Gasteiger partial charge in [-0.15, -0.1) is 0 Å². The summed E-state index contributed by atoms with van der Waals surface area (Å²) in [4.78, 5) is 30.1. The summed E-state index contributed by atoms with van der Waals surface area (Å²) >= 11 is 0. The first-order valence-electron chi connectivity index (χ1n) is 9.60. The van der Waals surface area contributed by atoms with Crippen molar-refractivity contribution in [2.24, 2.45) is 0 Å². The number of carbonyl (C=O) groups excluding carboxylic acids is 2. The summed E-state index contributed by atoms with van der Waals surface area (Å²) in [5.41, 5.74) is 1.11. The molecule has 2 aromatic carbocycles. The molecular weight excluding hydrogens is 419 g/mol. The van der Waals surface area contributed by atoms with E-state index in [4.69, 9.17) is 0 Å². The number of hydrogen-bond acceptors (Lipinski definition) is 3. The lowest BCUT2D eigenvalue weighted by Gasteiger charge is -2.19. The summed E-state index contributed by atoms with van der Waals surface area (Å²) in [5.74, 6) is -0.455. The number of pyridine rings is 1. The number of nitrogens with zero attached hydrogens (tertiary/aromatic N) is 2. The van der Waals surface area contributed by atoms with Crippen LogP contribution in [0.5, 0.6) is 0 Å². The first-order chi connectivity index (χ1) is 15.1. The fourth-order valence-electron chi connectivity index (χ4n) is 2.86. The van der Waals surface area contributed by atoms with Gasteiger partial charge in [-0.05, 0) is 60.5 Å². The zero-order chi connectivity index (χ0) is 23.3. The number of amides is 2. The summed E-state index contributed by atoms with van der Waals surface area (Å²) in [6.07, 6.45) is -0.0270. The van der Waals surface area contributed by atoms with Crippen LogP contribution in [0.25, 0.3) is 6.08 Å². The van der Waals surface area contributed by atoms with Gasteiger partial charge in [0.15, 0.2) is 0 Å². The van der Waals surface area contributed by atoms with Gasteiger partial charge in [-0.1, -0.05) is 24.3 Å². The van der Waals surface area contributed by atoms with Crippen molar-refractivity contribution in [3.05, 3.63) is 95.2 Å². The smallest absolute Gasteiger partial charge is 0.311 e. The van der Waals surface area contributed by atoms with E-state index in [1.165, 1.54) is 31.3 Å². The predicted molar refractivity (Wildman–Crippen MR) is 117 cm³/mol. The Morgan fingerprint density at radius 3 is 2.47 bits per heavy atom. The van der Waals surface area contributed by atoms with Gasteiger partial charge in [0, 0.05) is 30.6 Å². The molecule has 0 unspecified atom stereocenters. The van der Waals surface area contributed by atoms with E-state index >= 15 is 0 Å². The number of anilines is 2. The number of hydrogen-bond donors (Lipinski definition) is 1. The van der Waals surface area contributed by atoms with Crippen molar-refractivity contribution in [3.63, 3.8) is 0 Å². The van der Waals surface area contributed by atoms with Crippen LogP contribution in [-0.2, 0) is 11.0 Å². The second-order valence-corrected chi connectivity index (χ2v) is 7.08. The molecule has 0 saturated carbocycles. The summed E-state index contributed by atoms with van der Waals surface area (Å²) < 4.78 is 38.9. The molecule has 3 rings (SSSR count). The maximum Gasteiger partial charge on any atom is 0.416 e. The SMILES string of the molecule is Cc1ccc(NC(=O)/C=C/c2cccc(C(=O)N(C)c3cccc(C(F)(F)F)c3)c2)nc1. The summed E-state index contributed by atoms with van der Waals surface area (Å²) in [6, 6.07) is 14.5. The molecule has 0 atom stereocenters. The minimum Gasteiger partial charge on any atom is -0.311 e. The standard InChI is InChI=1S/C24H20F3N3O2/c1-16-9-11-21(28-15-16)29-22(31)12-10-17-5-3-6-18(13-17)23(32)30(2)20-8-4-7-19(14-20)24(25,26)27/h3-15H,1-2H3,(H,28,29,31)/b12-10+. The van der Waals surface area contributed by atoms with Gasteiger partial charge in [-0.3, -0.25) is 9.59 Å². The van der Waals surface area contributed by atoms with Crippen LogP contribution in [0.1, 0.15) is 27.0 Å². The van der Waals surface area contributed by atoms with E-state index in [2.05, 4.69) is 10.3 Å². The Bertz CT molecular complexity index is 1160. The Labute approximate surface area is 183 Å². The Kier molecular flexibility index (Phi) is 6.73. The van der Waals surface area contributed by atoms with Crippen LogP contribution in [0.15, 0.2) is 72.9 Å². The monoisotopic (exact) mass is 439 g/mol. The lowest BCUT2D eigenvalue weighted by Crippen LogP contribution is -2.26. The topological polar surface area (TPSA) is 62.3 Å². The number of aryl methyl sites for hydroxylation is 1. The fraction of sp³-hybridized carbons (Fsp3) is 0.125. The van der Waals surface area contributed by atoms with Gasteiger partial charge in [-0.2, -0.15) is 13.2 Å². The molecule has 5 nitrogen and oxygen atoms in total. The molecule has 1 N–H and O–H groups in total. The van der Waals surface area contributed by atoms with Gasteiger partial charge in [-0.25, -0.2) is 4.98 Å². The van der Waals surface area contributed by atoms with Crippen LogP contribution in [0.4, 0.5) is 24.7 Å². The molecule has 8 heteroatoms. The fourth-order valence-corrected chi connectivity index (χ4v) is 2.86. The molecule has 0 aliphatic carbocycles. The molecule has 0 saturated heterocycles. The largest absolute Gasteiger partial charge is 0.416 e. The van der Waals surface area contributed by atoms with Crippen molar-refractivity contribution < 1.29 is 22.8 Å².